The monoisotopic (exact) mass is 244 g/mol. The van der Waals surface area contributed by atoms with Gasteiger partial charge in [0.05, 0.1) is 0 Å². The van der Waals surface area contributed by atoms with Crippen LogP contribution in [0, 0.1) is 5.92 Å². The van der Waals surface area contributed by atoms with E-state index in [1.54, 1.807) is 0 Å². The normalized spacial score (nSPS) is 10.4. The van der Waals surface area contributed by atoms with E-state index in [1.165, 1.54) is 0 Å². The van der Waals surface area contributed by atoms with Crippen LogP contribution in [0.1, 0.15) is 51.4 Å². The van der Waals surface area contributed by atoms with E-state index in [-0.39, 0.29) is 18.8 Å². The Balaban J connectivity index is 3.71. The summed E-state index contributed by atoms with van der Waals surface area (Å²) in [6.07, 6.45) is 5.44. The quantitative estimate of drug-likeness (QED) is 0.429. The Morgan fingerprint density at radius 2 is 1.47 bits per heavy atom. The summed E-state index contributed by atoms with van der Waals surface area (Å²) in [7, 11) is 0. The summed E-state index contributed by atoms with van der Waals surface area (Å²) < 4.78 is 0. The molecule has 5 heteroatoms. The van der Waals surface area contributed by atoms with Gasteiger partial charge >= 0.3 is 11.9 Å². The van der Waals surface area contributed by atoms with E-state index in [0.29, 0.717) is 12.8 Å². The second-order valence-corrected chi connectivity index (χ2v) is 4.22. The first-order valence-electron chi connectivity index (χ1n) is 5.93. The SMILES string of the molecule is O=CCCCCCCC(CC(=O)O)CC(=O)O. The van der Waals surface area contributed by atoms with E-state index >= 15 is 0 Å². The van der Waals surface area contributed by atoms with Crippen molar-refractivity contribution in [3.63, 3.8) is 0 Å². The molecular formula is C12H20O5. The van der Waals surface area contributed by atoms with E-state index in [4.69, 9.17) is 10.2 Å². The maximum atomic E-state index is 10.5. The van der Waals surface area contributed by atoms with Crippen molar-refractivity contribution in [3.05, 3.63) is 0 Å². The van der Waals surface area contributed by atoms with Crippen LogP contribution < -0.4 is 0 Å². The van der Waals surface area contributed by atoms with E-state index in [9.17, 15) is 14.4 Å². The number of carboxylic acids is 2. The van der Waals surface area contributed by atoms with Crippen molar-refractivity contribution >= 4 is 18.2 Å². The molecule has 0 amide bonds. The molecule has 0 atom stereocenters. The number of carbonyl (C=O) groups excluding carboxylic acids is 1. The standard InChI is InChI=1S/C12H20O5/c13-7-5-3-1-2-4-6-10(8-11(14)15)9-12(16)17/h7,10H,1-6,8-9H2,(H,14,15)(H,16,17). The van der Waals surface area contributed by atoms with E-state index < -0.39 is 11.9 Å². The molecule has 0 saturated heterocycles. The fourth-order valence-electron chi connectivity index (χ4n) is 1.78. The zero-order chi connectivity index (χ0) is 13.1. The van der Waals surface area contributed by atoms with Crippen LogP contribution in [0.3, 0.4) is 0 Å². The van der Waals surface area contributed by atoms with Crippen molar-refractivity contribution in [2.45, 2.75) is 51.4 Å². The number of aldehydes is 1. The molecule has 0 spiro atoms. The number of carboxylic acid groups (broad SMARTS) is 2. The summed E-state index contributed by atoms with van der Waals surface area (Å²) >= 11 is 0. The van der Waals surface area contributed by atoms with Crippen LogP contribution in [-0.2, 0) is 14.4 Å². The lowest BCUT2D eigenvalue weighted by Gasteiger charge is -2.11. The zero-order valence-corrected chi connectivity index (χ0v) is 9.93. The Morgan fingerprint density at radius 1 is 0.941 bits per heavy atom. The smallest absolute Gasteiger partial charge is 0.303 e. The van der Waals surface area contributed by atoms with Gasteiger partial charge in [0.25, 0.3) is 0 Å². The molecule has 0 bridgehead atoms. The highest BCUT2D eigenvalue weighted by Gasteiger charge is 2.16. The predicted molar refractivity (Wildman–Crippen MR) is 61.8 cm³/mol. The first-order valence-corrected chi connectivity index (χ1v) is 5.93. The number of hydrogen-bond acceptors (Lipinski definition) is 3. The summed E-state index contributed by atoms with van der Waals surface area (Å²) in [5.41, 5.74) is 0. The second kappa shape index (κ2) is 9.81. The van der Waals surface area contributed by atoms with Crippen molar-refractivity contribution in [2.75, 3.05) is 0 Å². The third kappa shape index (κ3) is 10.9. The van der Waals surface area contributed by atoms with Crippen LogP contribution in [-0.4, -0.2) is 28.4 Å². The van der Waals surface area contributed by atoms with Crippen LogP contribution in [0.5, 0.6) is 0 Å². The van der Waals surface area contributed by atoms with E-state index in [0.717, 1.165) is 32.0 Å². The van der Waals surface area contributed by atoms with Crippen LogP contribution in [0.15, 0.2) is 0 Å². The highest BCUT2D eigenvalue weighted by Crippen LogP contribution is 2.18. The van der Waals surface area contributed by atoms with Gasteiger partial charge in [0, 0.05) is 19.3 Å². The summed E-state index contributed by atoms with van der Waals surface area (Å²) in [5, 5.41) is 17.3. The molecule has 0 fully saturated rings. The van der Waals surface area contributed by atoms with Gasteiger partial charge in [0.2, 0.25) is 0 Å². The Labute approximate surface area is 101 Å². The van der Waals surface area contributed by atoms with Gasteiger partial charge in [0.1, 0.15) is 6.29 Å². The molecule has 98 valence electrons. The molecule has 0 aromatic carbocycles. The number of aliphatic carboxylic acids is 2. The molecule has 0 saturated carbocycles. The number of hydrogen-bond donors (Lipinski definition) is 2. The molecule has 0 radical (unpaired) electrons. The second-order valence-electron chi connectivity index (χ2n) is 4.22. The Morgan fingerprint density at radius 3 is 1.94 bits per heavy atom. The van der Waals surface area contributed by atoms with Crippen LogP contribution >= 0.6 is 0 Å². The fraction of sp³-hybridized carbons (Fsp3) is 0.750. The molecule has 2 N–H and O–H groups in total. The van der Waals surface area contributed by atoms with Crippen LogP contribution in [0.25, 0.3) is 0 Å². The summed E-state index contributed by atoms with van der Waals surface area (Å²) in [5.74, 6) is -2.18. The van der Waals surface area contributed by atoms with Crippen molar-refractivity contribution in [1.29, 1.82) is 0 Å². The van der Waals surface area contributed by atoms with Crippen molar-refractivity contribution < 1.29 is 24.6 Å². The lowest BCUT2D eigenvalue weighted by atomic mass is 9.94. The molecule has 0 aromatic heterocycles. The van der Waals surface area contributed by atoms with Crippen LogP contribution in [0.2, 0.25) is 0 Å². The highest BCUT2D eigenvalue weighted by molar-refractivity contribution is 5.70. The summed E-state index contributed by atoms with van der Waals surface area (Å²) in [4.78, 5) is 31.1. The lowest BCUT2D eigenvalue weighted by molar-refractivity contribution is -0.140. The van der Waals surface area contributed by atoms with Crippen molar-refractivity contribution in [3.8, 4) is 0 Å². The predicted octanol–water partition coefficient (Wildman–Crippen LogP) is 2.09. The number of unbranched alkanes of at least 4 members (excludes halogenated alkanes) is 4. The van der Waals surface area contributed by atoms with Gasteiger partial charge < -0.3 is 15.0 Å². The zero-order valence-electron chi connectivity index (χ0n) is 9.93. The third-order valence-corrected chi connectivity index (χ3v) is 2.61. The van der Waals surface area contributed by atoms with Gasteiger partial charge in [-0.25, -0.2) is 0 Å². The maximum Gasteiger partial charge on any atom is 0.303 e. The molecule has 5 nitrogen and oxygen atoms in total. The third-order valence-electron chi connectivity index (χ3n) is 2.61. The largest absolute Gasteiger partial charge is 0.481 e. The average Bonchev–Trinajstić information content (AvgIpc) is 2.21. The summed E-state index contributed by atoms with van der Waals surface area (Å²) in [6, 6.07) is 0. The van der Waals surface area contributed by atoms with Crippen LogP contribution in [0.4, 0.5) is 0 Å². The highest BCUT2D eigenvalue weighted by atomic mass is 16.4. The van der Waals surface area contributed by atoms with E-state index in [2.05, 4.69) is 0 Å². The Kier molecular flexibility index (Phi) is 9.01. The fourth-order valence-corrected chi connectivity index (χ4v) is 1.78. The van der Waals surface area contributed by atoms with Gasteiger partial charge in [-0.05, 0) is 18.8 Å². The molecule has 0 aromatic rings. The van der Waals surface area contributed by atoms with Crippen molar-refractivity contribution in [2.24, 2.45) is 5.92 Å². The summed E-state index contributed by atoms with van der Waals surface area (Å²) in [6.45, 7) is 0. The molecule has 17 heavy (non-hydrogen) atoms. The average molecular weight is 244 g/mol. The number of carbonyl (C=O) groups is 3. The molecule has 0 aliphatic carbocycles. The minimum atomic E-state index is -0.947. The molecule has 0 unspecified atom stereocenters. The molecule has 0 heterocycles. The minimum Gasteiger partial charge on any atom is -0.481 e. The topological polar surface area (TPSA) is 91.7 Å². The van der Waals surface area contributed by atoms with Gasteiger partial charge in [-0.15, -0.1) is 0 Å². The maximum absolute atomic E-state index is 10.5. The minimum absolute atomic E-state index is 0.0827. The Hall–Kier alpha value is -1.39. The molecule has 0 aliphatic heterocycles. The van der Waals surface area contributed by atoms with E-state index in [1.807, 2.05) is 0 Å². The van der Waals surface area contributed by atoms with Gasteiger partial charge in [-0.1, -0.05) is 19.3 Å². The van der Waals surface area contributed by atoms with Crippen molar-refractivity contribution in [1.82, 2.24) is 0 Å². The Bertz CT molecular complexity index is 233. The first-order chi connectivity index (χ1) is 8.06. The molecule has 0 rings (SSSR count). The van der Waals surface area contributed by atoms with Gasteiger partial charge in [-0.2, -0.15) is 0 Å². The van der Waals surface area contributed by atoms with Gasteiger partial charge in [-0.3, -0.25) is 9.59 Å². The number of rotatable bonds is 11. The first kappa shape index (κ1) is 15.6. The molecule has 0 aliphatic rings. The molecular weight excluding hydrogens is 224 g/mol. The van der Waals surface area contributed by atoms with Gasteiger partial charge in [0.15, 0.2) is 0 Å². The lowest BCUT2D eigenvalue weighted by Crippen LogP contribution is -2.12.